The Morgan fingerprint density at radius 3 is 2.40 bits per heavy atom. The van der Waals surface area contributed by atoms with Gasteiger partial charge in [0.15, 0.2) is 0 Å². The minimum Gasteiger partial charge on any atom is -0.381 e. The van der Waals surface area contributed by atoms with E-state index in [0.29, 0.717) is 11.7 Å². The van der Waals surface area contributed by atoms with Crippen LogP contribution in [0.5, 0.6) is 0 Å². The molecule has 0 saturated carbocycles. The molecule has 132 valence electrons. The van der Waals surface area contributed by atoms with Gasteiger partial charge in [-0.05, 0) is 68.1 Å². The standard InChI is InChI=1S/C21H26N2O2/c1-15-5-4-6-20(16(15)2)22-21(24)17-7-9-18(10-8-17)23-13-11-19(25-3)12-14-23/h4-10,19H,11-14H2,1-3H3,(H,22,24). The van der Waals surface area contributed by atoms with Crippen LogP contribution in [0.4, 0.5) is 11.4 Å². The molecule has 1 saturated heterocycles. The Hall–Kier alpha value is -2.33. The molecule has 0 radical (unpaired) electrons. The Kier molecular flexibility index (Phi) is 5.39. The lowest BCUT2D eigenvalue weighted by Gasteiger charge is -2.33. The lowest BCUT2D eigenvalue weighted by Crippen LogP contribution is -2.36. The number of carbonyl (C=O) groups excluding carboxylic acids is 1. The summed E-state index contributed by atoms with van der Waals surface area (Å²) in [5.74, 6) is -0.0710. The van der Waals surface area contributed by atoms with E-state index in [2.05, 4.69) is 10.2 Å². The van der Waals surface area contributed by atoms with Crippen LogP contribution in [0.25, 0.3) is 0 Å². The molecule has 1 N–H and O–H groups in total. The Bertz CT molecular complexity index is 732. The number of methoxy groups -OCH3 is 1. The molecule has 1 aliphatic rings. The SMILES string of the molecule is COC1CCN(c2ccc(C(=O)Nc3cccc(C)c3C)cc2)CC1. The maximum Gasteiger partial charge on any atom is 0.255 e. The summed E-state index contributed by atoms with van der Waals surface area (Å²) >= 11 is 0. The largest absolute Gasteiger partial charge is 0.381 e. The molecule has 1 amide bonds. The van der Waals surface area contributed by atoms with E-state index in [1.165, 1.54) is 5.56 Å². The van der Waals surface area contributed by atoms with Gasteiger partial charge in [-0.15, -0.1) is 0 Å². The van der Waals surface area contributed by atoms with Crippen molar-refractivity contribution in [1.82, 2.24) is 0 Å². The highest BCUT2D eigenvalue weighted by Crippen LogP contribution is 2.23. The molecule has 4 nitrogen and oxygen atoms in total. The Labute approximate surface area is 149 Å². The first-order chi connectivity index (χ1) is 12.1. The van der Waals surface area contributed by atoms with Crippen molar-refractivity contribution in [1.29, 1.82) is 0 Å². The van der Waals surface area contributed by atoms with Gasteiger partial charge in [0.1, 0.15) is 0 Å². The molecule has 4 heteroatoms. The van der Waals surface area contributed by atoms with Gasteiger partial charge in [-0.25, -0.2) is 0 Å². The van der Waals surface area contributed by atoms with Gasteiger partial charge in [-0.3, -0.25) is 4.79 Å². The fourth-order valence-corrected chi connectivity index (χ4v) is 3.25. The predicted octanol–water partition coefficient (Wildman–Crippen LogP) is 4.17. The summed E-state index contributed by atoms with van der Waals surface area (Å²) in [6.07, 6.45) is 2.47. The minimum atomic E-state index is -0.0710. The van der Waals surface area contributed by atoms with Crippen molar-refractivity contribution >= 4 is 17.3 Å². The lowest BCUT2D eigenvalue weighted by atomic mass is 10.1. The zero-order valence-electron chi connectivity index (χ0n) is 15.2. The van der Waals surface area contributed by atoms with E-state index in [-0.39, 0.29) is 5.91 Å². The van der Waals surface area contributed by atoms with Crippen LogP contribution >= 0.6 is 0 Å². The van der Waals surface area contributed by atoms with E-state index in [9.17, 15) is 4.79 Å². The number of rotatable bonds is 4. The maximum absolute atomic E-state index is 12.5. The van der Waals surface area contributed by atoms with E-state index < -0.39 is 0 Å². The minimum absolute atomic E-state index is 0.0710. The third-order valence-electron chi connectivity index (χ3n) is 5.12. The zero-order valence-corrected chi connectivity index (χ0v) is 15.2. The molecule has 2 aromatic carbocycles. The summed E-state index contributed by atoms with van der Waals surface area (Å²) in [4.78, 5) is 14.9. The van der Waals surface area contributed by atoms with Crippen molar-refractivity contribution in [3.8, 4) is 0 Å². The Morgan fingerprint density at radius 2 is 1.76 bits per heavy atom. The second kappa shape index (κ2) is 7.70. The average Bonchev–Trinajstić information content (AvgIpc) is 2.65. The number of amides is 1. The molecule has 1 heterocycles. The summed E-state index contributed by atoms with van der Waals surface area (Å²) in [5.41, 5.74) is 4.99. The summed E-state index contributed by atoms with van der Waals surface area (Å²) in [6, 6.07) is 13.8. The second-order valence-electron chi connectivity index (χ2n) is 6.67. The number of carbonyl (C=O) groups is 1. The fraction of sp³-hybridized carbons (Fsp3) is 0.381. The van der Waals surface area contributed by atoms with Crippen LogP contribution in [0.15, 0.2) is 42.5 Å². The van der Waals surface area contributed by atoms with Crippen molar-refractivity contribution in [3.05, 3.63) is 59.2 Å². The average molecular weight is 338 g/mol. The highest BCUT2D eigenvalue weighted by molar-refractivity contribution is 6.04. The molecule has 0 spiro atoms. The van der Waals surface area contributed by atoms with Gasteiger partial charge in [0.25, 0.3) is 5.91 Å². The Balaban J connectivity index is 1.66. The van der Waals surface area contributed by atoms with Crippen molar-refractivity contribution < 1.29 is 9.53 Å². The van der Waals surface area contributed by atoms with Gasteiger partial charge in [0.05, 0.1) is 6.10 Å². The highest BCUT2D eigenvalue weighted by atomic mass is 16.5. The van der Waals surface area contributed by atoms with E-state index in [1.807, 2.05) is 56.3 Å². The second-order valence-corrected chi connectivity index (χ2v) is 6.67. The molecular formula is C21H26N2O2. The molecule has 0 bridgehead atoms. The number of aryl methyl sites for hydroxylation is 1. The van der Waals surface area contributed by atoms with Gasteiger partial charge < -0.3 is 15.0 Å². The van der Waals surface area contributed by atoms with Gasteiger partial charge in [-0.2, -0.15) is 0 Å². The number of piperidine rings is 1. The number of benzene rings is 2. The molecule has 0 aliphatic carbocycles. The van der Waals surface area contributed by atoms with Crippen molar-refractivity contribution in [2.45, 2.75) is 32.8 Å². The number of anilines is 2. The molecule has 0 aromatic heterocycles. The van der Waals surface area contributed by atoms with Crippen LogP contribution in [0.1, 0.15) is 34.3 Å². The third-order valence-corrected chi connectivity index (χ3v) is 5.12. The van der Waals surface area contributed by atoms with Gasteiger partial charge >= 0.3 is 0 Å². The van der Waals surface area contributed by atoms with Gasteiger partial charge in [0, 0.05) is 37.1 Å². The third kappa shape index (κ3) is 4.02. The van der Waals surface area contributed by atoms with Crippen LogP contribution in [0, 0.1) is 13.8 Å². The molecule has 0 unspecified atom stereocenters. The predicted molar refractivity (Wildman–Crippen MR) is 103 cm³/mol. The first-order valence-electron chi connectivity index (χ1n) is 8.84. The molecule has 1 aliphatic heterocycles. The monoisotopic (exact) mass is 338 g/mol. The van der Waals surface area contributed by atoms with Crippen LogP contribution in [-0.4, -0.2) is 32.2 Å². The number of hydrogen-bond acceptors (Lipinski definition) is 3. The summed E-state index contributed by atoms with van der Waals surface area (Å²) in [7, 11) is 1.78. The van der Waals surface area contributed by atoms with Crippen molar-refractivity contribution in [2.24, 2.45) is 0 Å². The van der Waals surface area contributed by atoms with Crippen molar-refractivity contribution in [3.63, 3.8) is 0 Å². The van der Waals surface area contributed by atoms with E-state index >= 15 is 0 Å². The molecule has 3 rings (SSSR count). The molecule has 0 atom stereocenters. The van der Waals surface area contributed by atoms with Gasteiger partial charge in [-0.1, -0.05) is 12.1 Å². The number of nitrogens with one attached hydrogen (secondary N) is 1. The van der Waals surface area contributed by atoms with Crippen LogP contribution in [0.3, 0.4) is 0 Å². The number of nitrogens with zero attached hydrogens (tertiary/aromatic N) is 1. The summed E-state index contributed by atoms with van der Waals surface area (Å²) in [6.45, 7) is 6.06. The summed E-state index contributed by atoms with van der Waals surface area (Å²) in [5, 5.41) is 3.01. The fourth-order valence-electron chi connectivity index (χ4n) is 3.25. The molecule has 2 aromatic rings. The normalized spacial score (nSPS) is 15.2. The van der Waals surface area contributed by atoms with E-state index in [1.54, 1.807) is 7.11 Å². The quantitative estimate of drug-likeness (QED) is 0.910. The first-order valence-corrected chi connectivity index (χ1v) is 8.84. The zero-order chi connectivity index (χ0) is 17.8. The van der Waals surface area contributed by atoms with Crippen LogP contribution in [-0.2, 0) is 4.74 Å². The first kappa shape index (κ1) is 17.5. The lowest BCUT2D eigenvalue weighted by molar-refractivity contribution is 0.0819. The van der Waals surface area contributed by atoms with Crippen LogP contribution < -0.4 is 10.2 Å². The Morgan fingerprint density at radius 1 is 1.08 bits per heavy atom. The highest BCUT2D eigenvalue weighted by Gasteiger charge is 2.19. The molecule has 1 fully saturated rings. The van der Waals surface area contributed by atoms with Crippen LogP contribution in [0.2, 0.25) is 0 Å². The number of ether oxygens (including phenoxy) is 1. The molecule has 25 heavy (non-hydrogen) atoms. The molecular weight excluding hydrogens is 312 g/mol. The topological polar surface area (TPSA) is 41.6 Å². The smallest absolute Gasteiger partial charge is 0.255 e. The maximum atomic E-state index is 12.5. The van der Waals surface area contributed by atoms with E-state index in [4.69, 9.17) is 4.74 Å². The van der Waals surface area contributed by atoms with E-state index in [0.717, 1.165) is 42.9 Å². The van der Waals surface area contributed by atoms with Gasteiger partial charge in [0.2, 0.25) is 0 Å². The number of hydrogen-bond donors (Lipinski definition) is 1. The van der Waals surface area contributed by atoms with Crippen molar-refractivity contribution in [2.75, 3.05) is 30.4 Å². The summed E-state index contributed by atoms with van der Waals surface area (Å²) < 4.78 is 5.42.